The van der Waals surface area contributed by atoms with Crippen LogP contribution in [0.25, 0.3) is 88.3 Å². The van der Waals surface area contributed by atoms with Crippen LogP contribution in [0.1, 0.15) is 0 Å². The minimum absolute atomic E-state index is 0.844. The van der Waals surface area contributed by atoms with Crippen LogP contribution in [0.5, 0.6) is 0 Å². The quantitative estimate of drug-likeness (QED) is 0.153. The summed E-state index contributed by atoms with van der Waals surface area (Å²) in [5, 5.41) is 4.39. The molecule has 282 valence electrons. The Kier molecular flexibility index (Phi) is 8.87. The second-order valence-corrected chi connectivity index (χ2v) is 15.2. The Balaban J connectivity index is 1.16. The molecular formula is C58H39NO. The van der Waals surface area contributed by atoms with E-state index in [1.54, 1.807) is 0 Å². The number of anilines is 3. The Bertz CT molecular complexity index is 3280. The maximum absolute atomic E-state index is 6.95. The van der Waals surface area contributed by atoms with Gasteiger partial charge in [-0.2, -0.15) is 0 Å². The van der Waals surface area contributed by atoms with Crippen molar-refractivity contribution in [2.24, 2.45) is 0 Å². The molecule has 0 atom stereocenters. The molecule has 0 radical (unpaired) electrons. The van der Waals surface area contributed by atoms with Crippen LogP contribution in [-0.2, 0) is 0 Å². The molecule has 1 aromatic heterocycles. The topological polar surface area (TPSA) is 16.4 Å². The number of nitrogens with zero attached hydrogens (tertiary/aromatic N) is 1. The summed E-state index contributed by atoms with van der Waals surface area (Å²) in [6, 6.07) is 84.7. The zero-order valence-corrected chi connectivity index (χ0v) is 32.9. The first-order valence-corrected chi connectivity index (χ1v) is 20.5. The zero-order chi connectivity index (χ0) is 39.8. The highest BCUT2D eigenvalue weighted by molar-refractivity contribution is 6.23. The van der Waals surface area contributed by atoms with E-state index in [1.807, 2.05) is 0 Å². The van der Waals surface area contributed by atoms with Crippen LogP contribution in [0.15, 0.2) is 241 Å². The molecule has 0 amide bonds. The van der Waals surface area contributed by atoms with Crippen molar-refractivity contribution in [2.75, 3.05) is 4.90 Å². The second kappa shape index (κ2) is 15.1. The maximum Gasteiger partial charge on any atom is 0.143 e. The van der Waals surface area contributed by atoms with Gasteiger partial charge in [0.2, 0.25) is 0 Å². The molecule has 11 aromatic rings. The smallest absolute Gasteiger partial charge is 0.143 e. The predicted octanol–water partition coefficient (Wildman–Crippen LogP) is 16.5. The largest absolute Gasteiger partial charge is 0.455 e. The van der Waals surface area contributed by atoms with E-state index < -0.39 is 0 Å². The summed E-state index contributed by atoms with van der Waals surface area (Å²) in [6.45, 7) is 0. The van der Waals surface area contributed by atoms with Crippen LogP contribution in [0.3, 0.4) is 0 Å². The number of rotatable bonds is 8. The molecule has 0 aliphatic rings. The molecule has 60 heavy (non-hydrogen) atoms. The summed E-state index contributed by atoms with van der Waals surface area (Å²) in [7, 11) is 0. The van der Waals surface area contributed by atoms with Gasteiger partial charge < -0.3 is 9.32 Å². The minimum atomic E-state index is 0.844. The molecule has 0 saturated heterocycles. The lowest BCUT2D eigenvalue weighted by Gasteiger charge is -2.29. The standard InChI is InChI=1S/C58H39NO/c1-4-17-40(18-5-1)42-31-33-45(34-32-42)48-24-14-15-28-54(48)59(46-37-35-43(36-38-46)41-19-6-2-7-20-41)55-29-16-30-56-57(55)53-39-52(50-26-12-13-27-51(50)58(53)60-56)49-25-11-10-23-47(49)44-21-8-3-9-22-44/h1-39H. The van der Waals surface area contributed by atoms with Crippen molar-refractivity contribution >= 4 is 49.8 Å². The van der Waals surface area contributed by atoms with E-state index in [0.29, 0.717) is 0 Å². The van der Waals surface area contributed by atoms with Gasteiger partial charge in [-0.3, -0.25) is 0 Å². The number of hydrogen-bond acceptors (Lipinski definition) is 2. The molecule has 0 N–H and O–H groups in total. The number of benzene rings is 10. The van der Waals surface area contributed by atoms with Crippen LogP contribution in [0, 0.1) is 0 Å². The lowest BCUT2D eigenvalue weighted by atomic mass is 9.90. The molecule has 0 spiro atoms. The van der Waals surface area contributed by atoms with Crippen LogP contribution in [0.2, 0.25) is 0 Å². The van der Waals surface area contributed by atoms with E-state index in [1.165, 1.54) is 44.5 Å². The normalized spacial score (nSPS) is 11.3. The lowest BCUT2D eigenvalue weighted by molar-refractivity contribution is 0.672. The monoisotopic (exact) mass is 765 g/mol. The fourth-order valence-electron chi connectivity index (χ4n) is 8.85. The average Bonchev–Trinajstić information content (AvgIpc) is 3.72. The van der Waals surface area contributed by atoms with E-state index in [4.69, 9.17) is 4.42 Å². The molecule has 10 aromatic carbocycles. The third-order valence-electron chi connectivity index (χ3n) is 11.7. The number of furan rings is 1. The van der Waals surface area contributed by atoms with Crippen LogP contribution in [0.4, 0.5) is 17.1 Å². The molecule has 2 heteroatoms. The molecule has 0 fully saturated rings. The van der Waals surface area contributed by atoms with Crippen molar-refractivity contribution in [3.05, 3.63) is 237 Å². The third kappa shape index (κ3) is 6.23. The van der Waals surface area contributed by atoms with Crippen LogP contribution < -0.4 is 4.90 Å². The molecule has 0 bridgehead atoms. The SMILES string of the molecule is c1ccc(-c2ccc(-c3ccccc3N(c3ccc(-c4ccccc4)cc3)c3cccc4oc5c6ccccc6c(-c6ccccc6-c6ccccc6)cc5c34)cc2)cc1. The summed E-state index contributed by atoms with van der Waals surface area (Å²) in [4.78, 5) is 2.42. The first-order chi connectivity index (χ1) is 29.8. The Morgan fingerprint density at radius 1 is 0.283 bits per heavy atom. The Labute approximate surface area is 349 Å². The van der Waals surface area contributed by atoms with Gasteiger partial charge in [0.05, 0.1) is 16.8 Å². The summed E-state index contributed by atoms with van der Waals surface area (Å²) in [5.74, 6) is 0. The van der Waals surface area contributed by atoms with Gasteiger partial charge in [0.1, 0.15) is 11.2 Å². The van der Waals surface area contributed by atoms with Crippen molar-refractivity contribution < 1.29 is 4.42 Å². The summed E-state index contributed by atoms with van der Waals surface area (Å²) in [5.41, 5.74) is 16.7. The van der Waals surface area contributed by atoms with Gasteiger partial charge in [-0.15, -0.1) is 0 Å². The number of para-hydroxylation sites is 1. The van der Waals surface area contributed by atoms with Crippen LogP contribution >= 0.6 is 0 Å². The Morgan fingerprint density at radius 2 is 0.750 bits per heavy atom. The summed E-state index contributed by atoms with van der Waals surface area (Å²) >= 11 is 0. The minimum Gasteiger partial charge on any atom is -0.455 e. The Morgan fingerprint density at radius 3 is 1.42 bits per heavy atom. The molecule has 1 heterocycles. The molecule has 0 unspecified atom stereocenters. The van der Waals surface area contributed by atoms with Crippen LogP contribution in [-0.4, -0.2) is 0 Å². The summed E-state index contributed by atoms with van der Waals surface area (Å²) in [6.07, 6.45) is 0. The van der Waals surface area contributed by atoms with Gasteiger partial charge in [-0.05, 0) is 91.9 Å². The zero-order valence-electron chi connectivity index (χ0n) is 32.9. The van der Waals surface area contributed by atoms with E-state index in [0.717, 1.165) is 60.9 Å². The van der Waals surface area contributed by atoms with Crippen molar-refractivity contribution in [2.45, 2.75) is 0 Å². The molecule has 2 nitrogen and oxygen atoms in total. The fourth-order valence-corrected chi connectivity index (χ4v) is 8.85. The van der Waals surface area contributed by atoms with Gasteiger partial charge >= 0.3 is 0 Å². The van der Waals surface area contributed by atoms with E-state index in [2.05, 4.69) is 241 Å². The fraction of sp³-hybridized carbons (Fsp3) is 0. The summed E-state index contributed by atoms with van der Waals surface area (Å²) < 4.78 is 6.95. The van der Waals surface area contributed by atoms with Gasteiger partial charge in [0.25, 0.3) is 0 Å². The highest BCUT2D eigenvalue weighted by Crippen LogP contribution is 2.49. The molecule has 0 aliphatic carbocycles. The highest BCUT2D eigenvalue weighted by atomic mass is 16.3. The van der Waals surface area contributed by atoms with Crippen molar-refractivity contribution in [3.63, 3.8) is 0 Å². The number of fused-ring (bicyclic) bond motifs is 5. The van der Waals surface area contributed by atoms with Crippen molar-refractivity contribution in [1.82, 2.24) is 0 Å². The first kappa shape index (κ1) is 35.2. The van der Waals surface area contributed by atoms with E-state index in [-0.39, 0.29) is 0 Å². The molecule has 0 saturated carbocycles. The van der Waals surface area contributed by atoms with E-state index in [9.17, 15) is 0 Å². The second-order valence-electron chi connectivity index (χ2n) is 15.2. The predicted molar refractivity (Wildman–Crippen MR) is 253 cm³/mol. The first-order valence-electron chi connectivity index (χ1n) is 20.5. The van der Waals surface area contributed by atoms with Crippen molar-refractivity contribution in [3.8, 4) is 55.6 Å². The van der Waals surface area contributed by atoms with Gasteiger partial charge in [-0.1, -0.05) is 200 Å². The highest BCUT2D eigenvalue weighted by Gasteiger charge is 2.24. The average molecular weight is 766 g/mol. The molecule has 0 aliphatic heterocycles. The van der Waals surface area contributed by atoms with Gasteiger partial charge in [0, 0.05) is 22.0 Å². The Hall–Kier alpha value is -7.94. The van der Waals surface area contributed by atoms with Crippen molar-refractivity contribution in [1.29, 1.82) is 0 Å². The maximum atomic E-state index is 6.95. The van der Waals surface area contributed by atoms with E-state index >= 15 is 0 Å². The third-order valence-corrected chi connectivity index (χ3v) is 11.7. The van der Waals surface area contributed by atoms with Gasteiger partial charge in [0.15, 0.2) is 0 Å². The molecular weight excluding hydrogens is 727 g/mol. The number of hydrogen-bond donors (Lipinski definition) is 0. The lowest BCUT2D eigenvalue weighted by Crippen LogP contribution is -2.11. The van der Waals surface area contributed by atoms with Gasteiger partial charge in [-0.25, -0.2) is 0 Å². The molecule has 11 rings (SSSR count).